The summed E-state index contributed by atoms with van der Waals surface area (Å²) in [6.07, 6.45) is -3.17. The number of methoxy groups -OCH3 is 1. The molecule has 1 aromatic carbocycles. The van der Waals surface area contributed by atoms with Crippen LogP contribution < -0.4 is 10.1 Å². The summed E-state index contributed by atoms with van der Waals surface area (Å²) in [5.74, 6) is -0.939. The zero-order valence-corrected chi connectivity index (χ0v) is 15.7. The Kier molecular flexibility index (Phi) is 6.02. The summed E-state index contributed by atoms with van der Waals surface area (Å²) >= 11 is 0. The first-order valence-electron chi connectivity index (χ1n) is 9.09. The van der Waals surface area contributed by atoms with Crippen LogP contribution >= 0.6 is 0 Å². The van der Waals surface area contributed by atoms with Gasteiger partial charge in [-0.2, -0.15) is 0 Å². The summed E-state index contributed by atoms with van der Waals surface area (Å²) in [6.45, 7) is -0.105. The van der Waals surface area contributed by atoms with Gasteiger partial charge in [0, 0.05) is 12.6 Å². The van der Waals surface area contributed by atoms with Gasteiger partial charge >= 0.3 is 18.4 Å². The lowest BCUT2D eigenvalue weighted by atomic mass is 9.88. The molecule has 2 aliphatic heterocycles. The number of aliphatic hydroxyl groups excluding tert-OH is 1. The summed E-state index contributed by atoms with van der Waals surface area (Å²) in [6, 6.07) is 4.26. The molecule has 0 saturated carbocycles. The van der Waals surface area contributed by atoms with E-state index in [1.54, 1.807) is 4.90 Å². The number of nitrogens with one attached hydrogen (secondary N) is 1. The van der Waals surface area contributed by atoms with Gasteiger partial charge in [0.2, 0.25) is 0 Å². The molecule has 29 heavy (non-hydrogen) atoms. The predicted octanol–water partition coefficient (Wildman–Crippen LogP) is 2.45. The highest BCUT2D eigenvalue weighted by Crippen LogP contribution is 2.43. The Morgan fingerprint density at radius 2 is 1.93 bits per heavy atom. The molecule has 0 spiro atoms. The molecular weight excluding hydrogens is 393 g/mol. The SMILES string of the molecule is COC(=O)C1=C(c2ccc(OC(F)(F)F)cc2)C[C@@H]2CC[C@H]1N2C(=O)NCCO. The first kappa shape index (κ1) is 21.0. The van der Waals surface area contributed by atoms with Crippen molar-refractivity contribution in [3.05, 3.63) is 35.4 Å². The number of nitrogens with zero attached hydrogens (tertiary/aromatic N) is 1. The van der Waals surface area contributed by atoms with Gasteiger partial charge in [0.05, 0.1) is 25.3 Å². The van der Waals surface area contributed by atoms with E-state index in [1.807, 2.05) is 0 Å². The Balaban J connectivity index is 1.94. The van der Waals surface area contributed by atoms with Crippen LogP contribution in [0.5, 0.6) is 5.75 Å². The second-order valence-corrected chi connectivity index (χ2v) is 6.77. The maximum Gasteiger partial charge on any atom is 0.573 e. The second-order valence-electron chi connectivity index (χ2n) is 6.77. The maximum absolute atomic E-state index is 12.5. The zero-order chi connectivity index (χ0) is 21.2. The maximum atomic E-state index is 12.5. The Morgan fingerprint density at radius 1 is 1.24 bits per heavy atom. The van der Waals surface area contributed by atoms with E-state index in [1.165, 1.54) is 31.4 Å². The van der Waals surface area contributed by atoms with E-state index in [2.05, 4.69) is 10.1 Å². The highest BCUT2D eigenvalue weighted by molar-refractivity contribution is 6.01. The van der Waals surface area contributed by atoms with Crippen LogP contribution in [0.3, 0.4) is 0 Å². The number of carbonyl (C=O) groups is 2. The van der Waals surface area contributed by atoms with Gasteiger partial charge in [-0.05, 0) is 42.5 Å². The van der Waals surface area contributed by atoms with E-state index in [0.29, 0.717) is 36.0 Å². The predicted molar refractivity (Wildman–Crippen MR) is 95.8 cm³/mol. The molecule has 1 saturated heterocycles. The van der Waals surface area contributed by atoms with Crippen LogP contribution in [0.4, 0.5) is 18.0 Å². The van der Waals surface area contributed by atoms with Crippen molar-refractivity contribution in [2.45, 2.75) is 37.7 Å². The third-order valence-corrected chi connectivity index (χ3v) is 5.06. The van der Waals surface area contributed by atoms with Crippen LogP contribution in [-0.2, 0) is 9.53 Å². The van der Waals surface area contributed by atoms with Crippen LogP contribution in [0.2, 0.25) is 0 Å². The van der Waals surface area contributed by atoms with Crippen molar-refractivity contribution in [2.24, 2.45) is 0 Å². The van der Waals surface area contributed by atoms with Crippen molar-refractivity contribution in [2.75, 3.05) is 20.3 Å². The van der Waals surface area contributed by atoms with Crippen molar-refractivity contribution in [1.29, 1.82) is 0 Å². The van der Waals surface area contributed by atoms with Crippen molar-refractivity contribution in [3.63, 3.8) is 0 Å². The number of fused-ring (bicyclic) bond motifs is 2. The molecule has 1 fully saturated rings. The van der Waals surface area contributed by atoms with E-state index in [0.717, 1.165) is 0 Å². The number of carbonyl (C=O) groups excluding carboxylic acids is 2. The van der Waals surface area contributed by atoms with Crippen LogP contribution in [0.25, 0.3) is 5.57 Å². The number of esters is 1. The molecule has 0 aromatic heterocycles. The third kappa shape index (κ3) is 4.47. The lowest BCUT2D eigenvalue weighted by Crippen LogP contribution is -2.51. The average molecular weight is 414 g/mol. The third-order valence-electron chi connectivity index (χ3n) is 5.06. The summed E-state index contributed by atoms with van der Waals surface area (Å²) in [5, 5.41) is 11.5. The molecule has 1 aromatic rings. The number of aliphatic hydroxyl groups is 1. The molecule has 2 atom stereocenters. The number of rotatable bonds is 5. The highest BCUT2D eigenvalue weighted by Gasteiger charge is 2.46. The summed E-state index contributed by atoms with van der Waals surface area (Å²) in [5.41, 5.74) is 1.55. The Bertz CT molecular complexity index is 807. The highest BCUT2D eigenvalue weighted by atomic mass is 19.4. The average Bonchev–Trinajstić information content (AvgIpc) is 2.98. The second kappa shape index (κ2) is 8.32. The van der Waals surface area contributed by atoms with Crippen molar-refractivity contribution in [3.8, 4) is 5.75 Å². The van der Waals surface area contributed by atoms with E-state index in [-0.39, 0.29) is 31.0 Å². The smallest absolute Gasteiger partial charge is 0.466 e. The monoisotopic (exact) mass is 414 g/mol. The number of hydrogen-bond acceptors (Lipinski definition) is 5. The number of benzene rings is 1. The number of hydrogen-bond donors (Lipinski definition) is 2. The van der Waals surface area contributed by atoms with Gasteiger partial charge in [-0.3, -0.25) is 0 Å². The van der Waals surface area contributed by atoms with Crippen molar-refractivity contribution < 1.29 is 37.3 Å². The molecule has 2 amide bonds. The minimum absolute atomic E-state index is 0.0968. The first-order valence-corrected chi connectivity index (χ1v) is 9.09. The molecule has 0 unspecified atom stereocenters. The minimum atomic E-state index is -4.79. The topological polar surface area (TPSA) is 88.1 Å². The number of urea groups is 1. The molecule has 0 radical (unpaired) electrons. The minimum Gasteiger partial charge on any atom is -0.466 e. The number of halogens is 3. The van der Waals surface area contributed by atoms with Crippen LogP contribution in [-0.4, -0.2) is 60.7 Å². The van der Waals surface area contributed by atoms with Gasteiger partial charge in [0.1, 0.15) is 5.75 Å². The molecular formula is C19H21F3N2O5. The summed E-state index contributed by atoms with van der Waals surface area (Å²) in [7, 11) is 1.24. The number of amides is 2. The molecule has 3 rings (SSSR count). The molecule has 2 bridgehead atoms. The Labute approximate surface area is 165 Å². The quantitative estimate of drug-likeness (QED) is 0.723. The van der Waals surface area contributed by atoms with Crippen LogP contribution in [0.15, 0.2) is 29.8 Å². The molecule has 0 aliphatic carbocycles. The van der Waals surface area contributed by atoms with Gasteiger partial charge in [0.25, 0.3) is 0 Å². The Morgan fingerprint density at radius 3 is 2.52 bits per heavy atom. The lowest BCUT2D eigenvalue weighted by Gasteiger charge is -2.37. The van der Waals surface area contributed by atoms with Crippen LogP contribution in [0, 0.1) is 0 Å². The van der Waals surface area contributed by atoms with Crippen molar-refractivity contribution in [1.82, 2.24) is 10.2 Å². The molecule has 158 valence electrons. The Hall–Kier alpha value is -2.75. The van der Waals surface area contributed by atoms with Crippen LogP contribution in [0.1, 0.15) is 24.8 Å². The summed E-state index contributed by atoms with van der Waals surface area (Å²) in [4.78, 5) is 26.6. The largest absolute Gasteiger partial charge is 0.573 e. The molecule has 2 aliphatic rings. The van der Waals surface area contributed by atoms with Gasteiger partial charge in [0.15, 0.2) is 0 Å². The fraction of sp³-hybridized carbons (Fsp3) is 0.474. The fourth-order valence-corrected chi connectivity index (χ4v) is 3.98. The molecule has 2 heterocycles. The number of alkyl halides is 3. The van der Waals surface area contributed by atoms with E-state index in [9.17, 15) is 22.8 Å². The van der Waals surface area contributed by atoms with Gasteiger partial charge in [-0.25, -0.2) is 9.59 Å². The molecule has 10 heteroatoms. The molecule has 2 N–H and O–H groups in total. The molecule has 7 nitrogen and oxygen atoms in total. The van der Waals surface area contributed by atoms with Gasteiger partial charge < -0.3 is 24.8 Å². The lowest BCUT2D eigenvalue weighted by molar-refractivity contribution is -0.274. The van der Waals surface area contributed by atoms with E-state index < -0.39 is 18.4 Å². The summed E-state index contributed by atoms with van der Waals surface area (Å²) < 4.78 is 45.9. The zero-order valence-electron chi connectivity index (χ0n) is 15.7. The number of ether oxygens (including phenoxy) is 2. The standard InChI is InChI=1S/C19H21F3N2O5/c1-28-17(26)16-14(11-2-5-13(6-3-11)29-19(20,21)22)10-12-4-7-15(16)24(12)18(27)23-8-9-25/h2-3,5-6,12,15,25H,4,7-10H2,1H3,(H,23,27)/t12-,15+/m0/s1. The normalized spacial score (nSPS) is 21.2. The van der Waals surface area contributed by atoms with Gasteiger partial charge in [-0.1, -0.05) is 12.1 Å². The van der Waals surface area contributed by atoms with Gasteiger partial charge in [-0.15, -0.1) is 13.2 Å². The van der Waals surface area contributed by atoms with E-state index >= 15 is 0 Å². The van der Waals surface area contributed by atoms with E-state index in [4.69, 9.17) is 9.84 Å². The first-order chi connectivity index (χ1) is 13.7. The van der Waals surface area contributed by atoms with Crippen molar-refractivity contribution >= 4 is 17.6 Å². The fourth-order valence-electron chi connectivity index (χ4n) is 3.98.